The van der Waals surface area contributed by atoms with E-state index >= 15 is 0 Å². The van der Waals surface area contributed by atoms with E-state index in [1.54, 1.807) is 0 Å². The lowest BCUT2D eigenvalue weighted by molar-refractivity contribution is 0.195. The van der Waals surface area contributed by atoms with Gasteiger partial charge in [0.1, 0.15) is 0 Å². The number of hydrogen-bond acceptors (Lipinski definition) is 2. The van der Waals surface area contributed by atoms with E-state index in [4.69, 9.17) is 0 Å². The highest BCUT2D eigenvalue weighted by molar-refractivity contribution is 4.83. The lowest BCUT2D eigenvalue weighted by Gasteiger charge is -2.29. The Kier molecular flexibility index (Phi) is 5.77. The summed E-state index contributed by atoms with van der Waals surface area (Å²) in [4.78, 5) is 2.58. The van der Waals surface area contributed by atoms with E-state index in [1.165, 1.54) is 25.9 Å². The Bertz CT molecular complexity index is 185. The normalized spacial score (nSPS) is 18.8. The fourth-order valence-corrected chi connectivity index (χ4v) is 2.23. The van der Waals surface area contributed by atoms with Crippen molar-refractivity contribution in [2.75, 3.05) is 19.6 Å². The summed E-state index contributed by atoms with van der Waals surface area (Å²) >= 11 is 0. The molecule has 0 amide bonds. The van der Waals surface area contributed by atoms with Gasteiger partial charge in [-0.15, -0.1) is 0 Å². The quantitative estimate of drug-likeness (QED) is 0.684. The molecule has 1 atom stereocenters. The van der Waals surface area contributed by atoms with Gasteiger partial charge in [0.25, 0.3) is 0 Å². The molecular weight excluding hydrogens is 196 g/mol. The van der Waals surface area contributed by atoms with Crippen LogP contribution in [0.1, 0.15) is 47.5 Å². The molecule has 0 radical (unpaired) electrons. The lowest BCUT2D eigenvalue weighted by atomic mass is 10.1. The molecule has 0 aromatic carbocycles. The average Bonchev–Trinajstić information content (AvgIpc) is 2.98. The van der Waals surface area contributed by atoms with E-state index < -0.39 is 0 Å². The minimum Gasteiger partial charge on any atom is -0.313 e. The summed E-state index contributed by atoms with van der Waals surface area (Å²) < 4.78 is 0. The van der Waals surface area contributed by atoms with Crippen LogP contribution in [0, 0.1) is 11.8 Å². The molecule has 1 unspecified atom stereocenters. The predicted molar refractivity (Wildman–Crippen MR) is 71.7 cm³/mol. The van der Waals surface area contributed by atoms with Crippen molar-refractivity contribution >= 4 is 0 Å². The van der Waals surface area contributed by atoms with Crippen LogP contribution in [0.5, 0.6) is 0 Å². The molecule has 1 rings (SSSR count). The van der Waals surface area contributed by atoms with E-state index in [-0.39, 0.29) is 0 Å². The third kappa shape index (κ3) is 5.31. The first-order valence-electron chi connectivity index (χ1n) is 6.98. The smallest absolute Gasteiger partial charge is 0.0110 e. The molecule has 0 spiro atoms. The van der Waals surface area contributed by atoms with Crippen LogP contribution < -0.4 is 5.32 Å². The summed E-state index contributed by atoms with van der Waals surface area (Å²) in [5.74, 6) is 1.74. The van der Waals surface area contributed by atoms with Gasteiger partial charge in [0.2, 0.25) is 0 Å². The number of nitrogens with one attached hydrogen (secondary N) is 1. The standard InChI is InChI=1S/C14H30N2/c1-11(2)10-16(12(3)4)9-8-15-13(5)14-6-7-14/h11-15H,6-10H2,1-5H3. The molecule has 16 heavy (non-hydrogen) atoms. The predicted octanol–water partition coefficient (Wildman–Crippen LogP) is 2.74. The molecule has 1 aliphatic carbocycles. The molecule has 2 nitrogen and oxygen atoms in total. The topological polar surface area (TPSA) is 15.3 Å². The molecule has 0 aliphatic heterocycles. The molecule has 0 aromatic heterocycles. The van der Waals surface area contributed by atoms with Gasteiger partial charge in [0, 0.05) is 31.7 Å². The first-order valence-corrected chi connectivity index (χ1v) is 6.98. The van der Waals surface area contributed by atoms with Crippen LogP contribution in [0.4, 0.5) is 0 Å². The second kappa shape index (κ2) is 6.61. The van der Waals surface area contributed by atoms with Gasteiger partial charge in [-0.2, -0.15) is 0 Å². The average molecular weight is 226 g/mol. The van der Waals surface area contributed by atoms with Crippen LogP contribution in [0.25, 0.3) is 0 Å². The highest BCUT2D eigenvalue weighted by atomic mass is 15.2. The Morgan fingerprint density at radius 2 is 1.75 bits per heavy atom. The SMILES string of the molecule is CC(C)CN(CCNC(C)C1CC1)C(C)C. The molecule has 0 bridgehead atoms. The van der Waals surface area contributed by atoms with Gasteiger partial charge >= 0.3 is 0 Å². The van der Waals surface area contributed by atoms with Crippen molar-refractivity contribution in [2.45, 2.75) is 59.5 Å². The number of rotatable bonds is 8. The highest BCUT2D eigenvalue weighted by Crippen LogP contribution is 2.32. The molecule has 0 aromatic rings. The Balaban J connectivity index is 2.15. The molecule has 0 heterocycles. The minimum absolute atomic E-state index is 0.667. The van der Waals surface area contributed by atoms with Gasteiger partial charge < -0.3 is 5.32 Å². The molecule has 96 valence electrons. The summed E-state index contributed by atoms with van der Waals surface area (Å²) in [5.41, 5.74) is 0. The zero-order chi connectivity index (χ0) is 12.1. The van der Waals surface area contributed by atoms with Gasteiger partial charge in [0.15, 0.2) is 0 Å². The molecule has 0 saturated heterocycles. The van der Waals surface area contributed by atoms with Gasteiger partial charge in [-0.1, -0.05) is 13.8 Å². The maximum atomic E-state index is 3.66. The number of hydrogen-bond donors (Lipinski definition) is 1. The third-order valence-corrected chi connectivity index (χ3v) is 3.52. The van der Waals surface area contributed by atoms with Crippen molar-refractivity contribution in [3.8, 4) is 0 Å². The van der Waals surface area contributed by atoms with Crippen molar-refractivity contribution in [3.05, 3.63) is 0 Å². The molecule has 1 N–H and O–H groups in total. The molecule has 1 saturated carbocycles. The summed E-state index contributed by atoms with van der Waals surface area (Å²) in [6.07, 6.45) is 2.88. The highest BCUT2D eigenvalue weighted by Gasteiger charge is 2.27. The van der Waals surface area contributed by atoms with E-state index in [2.05, 4.69) is 44.8 Å². The molecule has 2 heteroatoms. The molecule has 1 aliphatic rings. The zero-order valence-corrected chi connectivity index (χ0v) is 11.8. The summed E-state index contributed by atoms with van der Waals surface area (Å²) in [7, 11) is 0. The van der Waals surface area contributed by atoms with Crippen LogP contribution in [-0.4, -0.2) is 36.6 Å². The van der Waals surface area contributed by atoms with Crippen LogP contribution in [0.15, 0.2) is 0 Å². The van der Waals surface area contributed by atoms with Crippen molar-refractivity contribution < 1.29 is 0 Å². The van der Waals surface area contributed by atoms with Crippen molar-refractivity contribution in [2.24, 2.45) is 11.8 Å². The summed E-state index contributed by atoms with van der Waals surface area (Å²) in [6.45, 7) is 15.1. The maximum Gasteiger partial charge on any atom is 0.0110 e. The zero-order valence-electron chi connectivity index (χ0n) is 11.8. The van der Waals surface area contributed by atoms with E-state index in [0.29, 0.717) is 6.04 Å². The Labute approximate surface area is 102 Å². The van der Waals surface area contributed by atoms with Gasteiger partial charge in [-0.3, -0.25) is 4.90 Å². The summed E-state index contributed by atoms with van der Waals surface area (Å²) in [6, 6.07) is 1.40. The van der Waals surface area contributed by atoms with Crippen molar-refractivity contribution in [3.63, 3.8) is 0 Å². The van der Waals surface area contributed by atoms with Gasteiger partial charge in [-0.05, 0) is 45.4 Å². The Morgan fingerprint density at radius 1 is 1.12 bits per heavy atom. The van der Waals surface area contributed by atoms with E-state index in [0.717, 1.165) is 24.4 Å². The molecular formula is C14H30N2. The second-order valence-electron chi connectivity index (χ2n) is 6.06. The van der Waals surface area contributed by atoms with Crippen LogP contribution in [0.2, 0.25) is 0 Å². The Morgan fingerprint density at radius 3 is 2.19 bits per heavy atom. The minimum atomic E-state index is 0.667. The van der Waals surface area contributed by atoms with Crippen LogP contribution in [-0.2, 0) is 0 Å². The second-order valence-corrected chi connectivity index (χ2v) is 6.06. The summed E-state index contributed by atoms with van der Waals surface area (Å²) in [5, 5.41) is 3.66. The molecule has 1 fully saturated rings. The number of nitrogens with zero attached hydrogens (tertiary/aromatic N) is 1. The first kappa shape index (κ1) is 14.0. The lowest BCUT2D eigenvalue weighted by Crippen LogP contribution is -2.41. The fraction of sp³-hybridized carbons (Fsp3) is 1.00. The monoisotopic (exact) mass is 226 g/mol. The van der Waals surface area contributed by atoms with Crippen LogP contribution >= 0.6 is 0 Å². The van der Waals surface area contributed by atoms with E-state index in [9.17, 15) is 0 Å². The van der Waals surface area contributed by atoms with Crippen molar-refractivity contribution in [1.82, 2.24) is 10.2 Å². The maximum absolute atomic E-state index is 3.66. The Hall–Kier alpha value is -0.0800. The van der Waals surface area contributed by atoms with Crippen LogP contribution in [0.3, 0.4) is 0 Å². The van der Waals surface area contributed by atoms with Gasteiger partial charge in [0.05, 0.1) is 0 Å². The van der Waals surface area contributed by atoms with Gasteiger partial charge in [-0.25, -0.2) is 0 Å². The van der Waals surface area contributed by atoms with Crippen molar-refractivity contribution in [1.29, 1.82) is 0 Å². The third-order valence-electron chi connectivity index (χ3n) is 3.52. The first-order chi connectivity index (χ1) is 7.50. The van der Waals surface area contributed by atoms with E-state index in [1.807, 2.05) is 0 Å². The fourth-order valence-electron chi connectivity index (χ4n) is 2.23. The largest absolute Gasteiger partial charge is 0.313 e.